The molecule has 0 N–H and O–H groups in total. The smallest absolute Gasteiger partial charge is 0.328 e. The van der Waals surface area contributed by atoms with Gasteiger partial charge in [-0.3, -0.25) is 4.79 Å². The predicted molar refractivity (Wildman–Crippen MR) is 102 cm³/mol. The monoisotopic (exact) mass is 386 g/mol. The Bertz CT molecular complexity index is 845. The zero-order valence-corrected chi connectivity index (χ0v) is 16.6. The molecule has 7 heteroatoms. The van der Waals surface area contributed by atoms with E-state index in [-0.39, 0.29) is 24.2 Å². The van der Waals surface area contributed by atoms with Crippen LogP contribution in [0.5, 0.6) is 5.75 Å². The molecule has 0 aliphatic carbocycles. The number of ether oxygens (including phenoxy) is 2. The van der Waals surface area contributed by atoms with Crippen molar-refractivity contribution in [1.82, 2.24) is 10.1 Å². The zero-order chi connectivity index (χ0) is 20.1. The average Bonchev–Trinajstić information content (AvgIpc) is 3.17. The van der Waals surface area contributed by atoms with E-state index in [0.717, 1.165) is 24.2 Å². The van der Waals surface area contributed by atoms with Crippen molar-refractivity contribution in [2.75, 3.05) is 13.2 Å². The van der Waals surface area contributed by atoms with Crippen LogP contribution in [0.15, 0.2) is 28.8 Å². The van der Waals surface area contributed by atoms with E-state index in [9.17, 15) is 9.59 Å². The van der Waals surface area contributed by atoms with E-state index in [1.54, 1.807) is 13.0 Å². The summed E-state index contributed by atoms with van der Waals surface area (Å²) in [5, 5.41) is 3.88. The standard InChI is InChI=1S/C21H26N2O5/c1-4-26-21(25)19-7-5-6-10-23(19)20(24)18-12-17(28-22-18)13-27-16-9-8-14(2)15(3)11-16/h8-9,11-12,19H,4-7,10,13H2,1-3H3. The summed E-state index contributed by atoms with van der Waals surface area (Å²) in [5.74, 6) is 0.494. The van der Waals surface area contributed by atoms with E-state index in [1.807, 2.05) is 32.0 Å². The molecule has 0 saturated carbocycles. The molecule has 1 aromatic heterocycles. The molecular formula is C21H26N2O5. The Labute approximate surface area is 164 Å². The van der Waals surface area contributed by atoms with Crippen LogP contribution in [-0.2, 0) is 16.1 Å². The Morgan fingerprint density at radius 2 is 2.04 bits per heavy atom. The van der Waals surface area contributed by atoms with Gasteiger partial charge in [-0.2, -0.15) is 0 Å². The highest BCUT2D eigenvalue weighted by molar-refractivity contribution is 5.95. The van der Waals surface area contributed by atoms with Crippen LogP contribution >= 0.6 is 0 Å². The molecule has 2 heterocycles. The lowest BCUT2D eigenvalue weighted by atomic mass is 10.0. The Kier molecular flexibility index (Phi) is 6.34. The second-order valence-electron chi connectivity index (χ2n) is 6.98. The van der Waals surface area contributed by atoms with Crippen LogP contribution in [0.25, 0.3) is 0 Å². The van der Waals surface area contributed by atoms with Crippen LogP contribution in [0, 0.1) is 13.8 Å². The summed E-state index contributed by atoms with van der Waals surface area (Å²) in [6.45, 7) is 6.78. The van der Waals surface area contributed by atoms with Crippen molar-refractivity contribution in [2.24, 2.45) is 0 Å². The second-order valence-corrected chi connectivity index (χ2v) is 6.98. The van der Waals surface area contributed by atoms with Crippen LogP contribution in [0.2, 0.25) is 0 Å². The molecule has 1 atom stereocenters. The zero-order valence-electron chi connectivity index (χ0n) is 16.6. The molecule has 0 bridgehead atoms. The first-order valence-electron chi connectivity index (χ1n) is 9.63. The number of nitrogens with zero attached hydrogens (tertiary/aromatic N) is 2. The lowest BCUT2D eigenvalue weighted by Crippen LogP contribution is -2.48. The number of hydrogen-bond donors (Lipinski definition) is 0. The predicted octanol–water partition coefficient (Wildman–Crippen LogP) is 3.43. The highest BCUT2D eigenvalue weighted by atomic mass is 16.5. The fraction of sp³-hybridized carbons (Fsp3) is 0.476. The number of aryl methyl sites for hydroxylation is 2. The second kappa shape index (κ2) is 8.91. The van der Waals surface area contributed by atoms with Gasteiger partial charge in [0.1, 0.15) is 18.4 Å². The fourth-order valence-electron chi connectivity index (χ4n) is 3.25. The maximum absolute atomic E-state index is 12.8. The molecule has 1 saturated heterocycles. The van der Waals surface area contributed by atoms with Gasteiger partial charge in [0.15, 0.2) is 11.5 Å². The minimum atomic E-state index is -0.562. The van der Waals surface area contributed by atoms with Crippen molar-refractivity contribution >= 4 is 11.9 Å². The molecule has 1 aliphatic heterocycles. The summed E-state index contributed by atoms with van der Waals surface area (Å²) in [6.07, 6.45) is 2.34. The number of rotatable bonds is 6. The van der Waals surface area contributed by atoms with Crippen molar-refractivity contribution in [1.29, 1.82) is 0 Å². The number of esters is 1. The van der Waals surface area contributed by atoms with Crippen molar-refractivity contribution in [3.63, 3.8) is 0 Å². The lowest BCUT2D eigenvalue weighted by molar-refractivity contribution is -0.149. The topological polar surface area (TPSA) is 81.9 Å². The van der Waals surface area contributed by atoms with Gasteiger partial charge in [-0.25, -0.2) is 4.79 Å². The molecule has 1 fully saturated rings. The Balaban J connectivity index is 1.65. The number of hydrogen-bond acceptors (Lipinski definition) is 6. The van der Waals surface area contributed by atoms with Gasteiger partial charge in [-0.1, -0.05) is 11.2 Å². The number of amides is 1. The molecule has 1 aromatic carbocycles. The van der Waals surface area contributed by atoms with Crippen LogP contribution in [0.4, 0.5) is 0 Å². The quantitative estimate of drug-likeness (QED) is 0.708. The molecule has 2 aromatic rings. The molecule has 1 unspecified atom stereocenters. The third kappa shape index (κ3) is 4.52. The van der Waals surface area contributed by atoms with Gasteiger partial charge in [0, 0.05) is 12.6 Å². The summed E-state index contributed by atoms with van der Waals surface area (Å²) in [6, 6.07) is 6.84. The first kappa shape index (κ1) is 19.9. The molecule has 0 radical (unpaired) electrons. The number of carbonyl (C=O) groups excluding carboxylic acids is 2. The average molecular weight is 386 g/mol. The first-order chi connectivity index (χ1) is 13.5. The van der Waals surface area contributed by atoms with Crippen molar-refractivity contribution in [3.8, 4) is 5.75 Å². The van der Waals surface area contributed by atoms with Gasteiger partial charge in [0.05, 0.1) is 6.61 Å². The van der Waals surface area contributed by atoms with Crippen molar-refractivity contribution < 1.29 is 23.6 Å². The van der Waals surface area contributed by atoms with Crippen molar-refractivity contribution in [3.05, 3.63) is 46.8 Å². The maximum Gasteiger partial charge on any atom is 0.328 e. The minimum Gasteiger partial charge on any atom is -0.486 e. The highest BCUT2D eigenvalue weighted by Crippen LogP contribution is 2.22. The normalized spacial score (nSPS) is 16.7. The summed E-state index contributed by atoms with van der Waals surface area (Å²) < 4.78 is 16.1. The Hall–Kier alpha value is -2.83. The molecule has 3 rings (SSSR count). The van der Waals surface area contributed by atoms with Gasteiger partial charge in [0.2, 0.25) is 0 Å². The SMILES string of the molecule is CCOC(=O)C1CCCCN1C(=O)c1cc(COc2ccc(C)c(C)c2)on1. The largest absolute Gasteiger partial charge is 0.486 e. The van der Waals surface area contributed by atoms with Crippen LogP contribution < -0.4 is 4.74 Å². The maximum atomic E-state index is 12.8. The fourth-order valence-corrected chi connectivity index (χ4v) is 3.25. The lowest BCUT2D eigenvalue weighted by Gasteiger charge is -2.33. The highest BCUT2D eigenvalue weighted by Gasteiger charge is 2.34. The third-order valence-electron chi connectivity index (χ3n) is 4.96. The van der Waals surface area contributed by atoms with Gasteiger partial charge in [-0.15, -0.1) is 0 Å². The van der Waals surface area contributed by atoms with Crippen LogP contribution in [-0.4, -0.2) is 41.1 Å². The summed E-state index contributed by atoms with van der Waals surface area (Å²) >= 11 is 0. The van der Waals surface area contributed by atoms with E-state index in [1.165, 1.54) is 10.5 Å². The number of benzene rings is 1. The molecule has 1 amide bonds. The number of aromatic nitrogens is 1. The third-order valence-corrected chi connectivity index (χ3v) is 4.96. The molecule has 1 aliphatic rings. The number of carbonyl (C=O) groups is 2. The Morgan fingerprint density at radius 3 is 2.79 bits per heavy atom. The summed E-state index contributed by atoms with van der Waals surface area (Å²) in [7, 11) is 0. The van der Waals surface area contributed by atoms with E-state index in [0.29, 0.717) is 25.3 Å². The number of likely N-dealkylation sites (tertiary alicyclic amines) is 1. The van der Waals surface area contributed by atoms with Gasteiger partial charge in [-0.05, 0) is 63.3 Å². The summed E-state index contributed by atoms with van der Waals surface area (Å²) in [5.41, 5.74) is 2.51. The van der Waals surface area contributed by atoms with Crippen LogP contribution in [0.3, 0.4) is 0 Å². The van der Waals surface area contributed by atoms with Gasteiger partial charge in [0.25, 0.3) is 5.91 Å². The molecule has 7 nitrogen and oxygen atoms in total. The minimum absolute atomic E-state index is 0.171. The van der Waals surface area contributed by atoms with Gasteiger partial charge >= 0.3 is 5.97 Å². The molecule has 150 valence electrons. The number of piperidine rings is 1. The van der Waals surface area contributed by atoms with Gasteiger partial charge < -0.3 is 18.9 Å². The molecule has 28 heavy (non-hydrogen) atoms. The van der Waals surface area contributed by atoms with E-state index in [2.05, 4.69) is 5.16 Å². The molecule has 0 spiro atoms. The summed E-state index contributed by atoms with van der Waals surface area (Å²) in [4.78, 5) is 26.6. The molecular weight excluding hydrogens is 360 g/mol. The Morgan fingerprint density at radius 1 is 1.21 bits per heavy atom. The van der Waals surface area contributed by atoms with Crippen LogP contribution in [0.1, 0.15) is 53.6 Å². The van der Waals surface area contributed by atoms with E-state index < -0.39 is 6.04 Å². The van der Waals surface area contributed by atoms with E-state index in [4.69, 9.17) is 14.0 Å². The van der Waals surface area contributed by atoms with E-state index >= 15 is 0 Å². The van der Waals surface area contributed by atoms with Crippen molar-refractivity contribution in [2.45, 2.75) is 52.7 Å². The first-order valence-corrected chi connectivity index (χ1v) is 9.63.